The van der Waals surface area contributed by atoms with E-state index in [0.717, 1.165) is 3.57 Å². The summed E-state index contributed by atoms with van der Waals surface area (Å²) in [5, 5.41) is 0.513. The summed E-state index contributed by atoms with van der Waals surface area (Å²) in [5.74, 6) is 0.0508. The summed E-state index contributed by atoms with van der Waals surface area (Å²) < 4.78 is 10.8. The van der Waals surface area contributed by atoms with E-state index in [-0.39, 0.29) is 0 Å². The second kappa shape index (κ2) is 5.55. The highest BCUT2D eigenvalue weighted by molar-refractivity contribution is 14.1. The Morgan fingerprint density at radius 3 is 2.73 bits per heavy atom. The van der Waals surface area contributed by atoms with Gasteiger partial charge >= 0.3 is 5.97 Å². The third-order valence-electron chi connectivity index (χ3n) is 1.73. The molecule has 0 fully saturated rings. The summed E-state index contributed by atoms with van der Waals surface area (Å²) in [5.41, 5.74) is 0.352. The lowest BCUT2D eigenvalue weighted by Gasteiger charge is -2.09. The maximum atomic E-state index is 11.4. The van der Waals surface area contributed by atoms with Crippen molar-refractivity contribution in [2.24, 2.45) is 0 Å². The zero-order valence-corrected chi connectivity index (χ0v) is 11.3. The Balaban J connectivity index is 3.21. The van der Waals surface area contributed by atoms with E-state index in [9.17, 15) is 4.79 Å². The maximum absolute atomic E-state index is 11.4. The Kier molecular flexibility index (Phi) is 4.66. The van der Waals surface area contributed by atoms with Gasteiger partial charge in [0.05, 0.1) is 18.7 Å². The molecule has 15 heavy (non-hydrogen) atoms. The van der Waals surface area contributed by atoms with Crippen LogP contribution >= 0.6 is 34.2 Å². The first-order chi connectivity index (χ1) is 7.10. The molecule has 1 rings (SSSR count). The summed E-state index contributed by atoms with van der Waals surface area (Å²) >= 11 is 7.99. The molecule has 0 unspecified atom stereocenters. The van der Waals surface area contributed by atoms with Crippen LogP contribution in [-0.4, -0.2) is 19.7 Å². The van der Waals surface area contributed by atoms with Crippen LogP contribution < -0.4 is 4.74 Å². The summed E-state index contributed by atoms with van der Waals surface area (Å²) in [6.45, 7) is 2.34. The molecular formula is C10H10ClIO3. The fraction of sp³-hybridized carbons (Fsp3) is 0.300. The van der Waals surface area contributed by atoms with Gasteiger partial charge in [-0.25, -0.2) is 4.79 Å². The summed E-state index contributed by atoms with van der Waals surface area (Å²) in [7, 11) is 1.32. The van der Waals surface area contributed by atoms with E-state index < -0.39 is 5.97 Å². The number of carbonyl (C=O) groups is 1. The predicted molar refractivity (Wildman–Crippen MR) is 66.7 cm³/mol. The van der Waals surface area contributed by atoms with Gasteiger partial charge in [-0.05, 0) is 41.6 Å². The Morgan fingerprint density at radius 1 is 1.53 bits per heavy atom. The van der Waals surface area contributed by atoms with Crippen molar-refractivity contribution < 1.29 is 14.3 Å². The van der Waals surface area contributed by atoms with Crippen molar-refractivity contribution in [3.05, 3.63) is 26.3 Å². The molecule has 0 saturated heterocycles. The van der Waals surface area contributed by atoms with Gasteiger partial charge < -0.3 is 9.47 Å². The van der Waals surface area contributed by atoms with E-state index in [1.807, 2.05) is 6.92 Å². The van der Waals surface area contributed by atoms with Crippen LogP contribution in [0.2, 0.25) is 5.02 Å². The highest BCUT2D eigenvalue weighted by Gasteiger charge is 2.15. The molecule has 0 heterocycles. The second-order valence-corrected chi connectivity index (χ2v) is 4.26. The average molecular weight is 341 g/mol. The molecule has 82 valence electrons. The van der Waals surface area contributed by atoms with Crippen LogP contribution in [-0.2, 0) is 4.74 Å². The van der Waals surface area contributed by atoms with E-state index in [2.05, 4.69) is 27.3 Å². The number of methoxy groups -OCH3 is 1. The normalized spacial score (nSPS) is 9.87. The number of halogens is 2. The van der Waals surface area contributed by atoms with Gasteiger partial charge in [-0.2, -0.15) is 0 Å². The minimum absolute atomic E-state index is 0.352. The number of esters is 1. The quantitative estimate of drug-likeness (QED) is 0.626. The van der Waals surface area contributed by atoms with Crippen LogP contribution in [0.15, 0.2) is 12.1 Å². The molecule has 0 aliphatic rings. The number of ether oxygens (including phenoxy) is 2. The Labute approximate surface area is 107 Å². The molecule has 1 aromatic rings. The van der Waals surface area contributed by atoms with Gasteiger partial charge in [0.15, 0.2) is 0 Å². The fourth-order valence-electron chi connectivity index (χ4n) is 1.07. The SMILES string of the molecule is CCOc1cc(I)c(Cl)cc1C(=O)OC. The standard InChI is InChI=1S/C10H10ClIO3/c1-3-15-9-5-8(12)7(11)4-6(9)10(13)14-2/h4-5H,3H2,1-2H3. The minimum atomic E-state index is -0.447. The Hall–Kier alpha value is -0.490. The number of rotatable bonds is 3. The maximum Gasteiger partial charge on any atom is 0.341 e. The molecule has 0 aliphatic heterocycles. The molecule has 0 N–H and O–H groups in total. The van der Waals surface area contributed by atoms with Crippen LogP contribution in [0, 0.1) is 3.57 Å². The van der Waals surface area contributed by atoms with Crippen molar-refractivity contribution in [1.82, 2.24) is 0 Å². The highest BCUT2D eigenvalue weighted by atomic mass is 127. The van der Waals surface area contributed by atoms with Crippen LogP contribution in [0.5, 0.6) is 5.75 Å². The molecule has 0 aliphatic carbocycles. The van der Waals surface area contributed by atoms with E-state index in [0.29, 0.717) is 22.9 Å². The molecule has 0 saturated carbocycles. The molecule has 3 nitrogen and oxygen atoms in total. The molecule has 0 spiro atoms. The fourth-order valence-corrected chi connectivity index (χ4v) is 1.68. The van der Waals surface area contributed by atoms with E-state index in [4.69, 9.17) is 16.3 Å². The van der Waals surface area contributed by atoms with E-state index >= 15 is 0 Å². The molecule has 0 amide bonds. The van der Waals surface area contributed by atoms with Gasteiger partial charge in [0.1, 0.15) is 11.3 Å². The average Bonchev–Trinajstić information content (AvgIpc) is 2.22. The minimum Gasteiger partial charge on any atom is -0.493 e. The zero-order valence-electron chi connectivity index (χ0n) is 8.34. The largest absolute Gasteiger partial charge is 0.493 e. The topological polar surface area (TPSA) is 35.5 Å². The molecule has 0 radical (unpaired) electrons. The first kappa shape index (κ1) is 12.6. The second-order valence-electron chi connectivity index (χ2n) is 2.69. The lowest BCUT2D eigenvalue weighted by molar-refractivity contribution is 0.0596. The highest BCUT2D eigenvalue weighted by Crippen LogP contribution is 2.28. The van der Waals surface area contributed by atoms with Gasteiger partial charge in [-0.1, -0.05) is 11.6 Å². The third-order valence-corrected chi connectivity index (χ3v) is 3.25. The number of hydrogen-bond acceptors (Lipinski definition) is 3. The number of benzene rings is 1. The van der Waals surface area contributed by atoms with Crippen molar-refractivity contribution in [2.45, 2.75) is 6.92 Å². The zero-order chi connectivity index (χ0) is 11.4. The first-order valence-electron chi connectivity index (χ1n) is 4.30. The van der Waals surface area contributed by atoms with E-state index in [1.165, 1.54) is 7.11 Å². The first-order valence-corrected chi connectivity index (χ1v) is 5.76. The van der Waals surface area contributed by atoms with Crippen LogP contribution in [0.1, 0.15) is 17.3 Å². The van der Waals surface area contributed by atoms with Crippen molar-refractivity contribution in [3.8, 4) is 5.75 Å². The lowest BCUT2D eigenvalue weighted by Crippen LogP contribution is -2.06. The van der Waals surface area contributed by atoms with Gasteiger partial charge in [-0.15, -0.1) is 0 Å². The van der Waals surface area contributed by atoms with Gasteiger partial charge in [-0.3, -0.25) is 0 Å². The number of carbonyl (C=O) groups excluding carboxylic acids is 1. The molecule has 0 bridgehead atoms. The smallest absolute Gasteiger partial charge is 0.341 e. The van der Waals surface area contributed by atoms with Gasteiger partial charge in [0.25, 0.3) is 0 Å². The monoisotopic (exact) mass is 340 g/mol. The van der Waals surface area contributed by atoms with Crippen molar-refractivity contribution in [3.63, 3.8) is 0 Å². The van der Waals surface area contributed by atoms with Gasteiger partial charge in [0, 0.05) is 3.57 Å². The van der Waals surface area contributed by atoms with Gasteiger partial charge in [0.2, 0.25) is 0 Å². The van der Waals surface area contributed by atoms with Crippen molar-refractivity contribution in [2.75, 3.05) is 13.7 Å². The van der Waals surface area contributed by atoms with Crippen LogP contribution in [0.4, 0.5) is 0 Å². The predicted octanol–water partition coefficient (Wildman–Crippen LogP) is 3.13. The lowest BCUT2D eigenvalue weighted by atomic mass is 10.2. The van der Waals surface area contributed by atoms with Crippen LogP contribution in [0.3, 0.4) is 0 Å². The summed E-state index contributed by atoms with van der Waals surface area (Å²) in [4.78, 5) is 11.4. The van der Waals surface area contributed by atoms with E-state index in [1.54, 1.807) is 12.1 Å². The van der Waals surface area contributed by atoms with Crippen LogP contribution in [0.25, 0.3) is 0 Å². The molecule has 0 aromatic heterocycles. The Morgan fingerprint density at radius 2 is 2.20 bits per heavy atom. The van der Waals surface area contributed by atoms with Crippen molar-refractivity contribution in [1.29, 1.82) is 0 Å². The Bertz CT molecular complexity index is 379. The molecule has 5 heteroatoms. The molecule has 0 atom stereocenters. The van der Waals surface area contributed by atoms with Crippen molar-refractivity contribution >= 4 is 40.2 Å². The molecular weight excluding hydrogens is 330 g/mol. The number of hydrogen-bond donors (Lipinski definition) is 0. The summed E-state index contributed by atoms with van der Waals surface area (Å²) in [6, 6.07) is 3.28. The molecule has 1 aromatic carbocycles. The third kappa shape index (κ3) is 2.98. The summed E-state index contributed by atoms with van der Waals surface area (Å²) in [6.07, 6.45) is 0.